The molecule has 1 aromatic heterocycles. The number of benzene rings is 1. The third kappa shape index (κ3) is 8.41. The molecule has 0 saturated carbocycles. The van der Waals surface area contributed by atoms with Crippen LogP contribution in [0.2, 0.25) is 0 Å². The fourth-order valence-corrected chi connectivity index (χ4v) is 3.40. The summed E-state index contributed by atoms with van der Waals surface area (Å²) >= 11 is 0. The highest BCUT2D eigenvalue weighted by molar-refractivity contribution is 5.55. The molecule has 0 fully saturated rings. The number of unbranched alkanes of at least 4 members (excludes halogenated alkanes) is 7. The van der Waals surface area contributed by atoms with Crippen molar-refractivity contribution in [3.63, 3.8) is 0 Å². The molecule has 0 aliphatic rings. The number of nitrogens with zero attached hydrogens (tertiary/aromatic N) is 2. The molecule has 3 heteroatoms. The Bertz CT molecular complexity index is 637. The minimum Gasteiger partial charge on any atom is -0.491 e. The molecular weight excluding hydrogens is 344 g/mol. The quantitative estimate of drug-likeness (QED) is 0.319. The van der Waals surface area contributed by atoms with E-state index in [2.05, 4.69) is 42.9 Å². The van der Waals surface area contributed by atoms with Gasteiger partial charge >= 0.3 is 0 Å². The van der Waals surface area contributed by atoms with Crippen LogP contribution >= 0.6 is 0 Å². The summed E-state index contributed by atoms with van der Waals surface area (Å²) in [5, 5.41) is 0. The third-order valence-electron chi connectivity index (χ3n) is 5.19. The minimum atomic E-state index is 0.260. The van der Waals surface area contributed by atoms with E-state index in [9.17, 15) is 0 Å². The maximum Gasteiger partial charge on any atom is 0.159 e. The van der Waals surface area contributed by atoms with Crippen LogP contribution in [0, 0.1) is 0 Å². The van der Waals surface area contributed by atoms with Crippen LogP contribution in [-0.2, 0) is 6.42 Å². The molecular formula is C25H38N2O. The van der Waals surface area contributed by atoms with Crippen LogP contribution in [0.3, 0.4) is 0 Å². The first-order chi connectivity index (χ1) is 13.7. The van der Waals surface area contributed by atoms with E-state index in [4.69, 9.17) is 4.74 Å². The second kappa shape index (κ2) is 13.3. The van der Waals surface area contributed by atoms with Crippen molar-refractivity contribution in [3.05, 3.63) is 42.2 Å². The van der Waals surface area contributed by atoms with E-state index >= 15 is 0 Å². The minimum absolute atomic E-state index is 0.260. The lowest BCUT2D eigenvalue weighted by Crippen LogP contribution is -2.11. The second-order valence-corrected chi connectivity index (χ2v) is 7.88. The van der Waals surface area contributed by atoms with Crippen LogP contribution in [0.25, 0.3) is 11.4 Å². The highest BCUT2D eigenvalue weighted by Gasteiger charge is 2.06. The summed E-state index contributed by atoms with van der Waals surface area (Å²) in [6, 6.07) is 8.17. The predicted octanol–water partition coefficient (Wildman–Crippen LogP) is 7.39. The molecule has 0 spiro atoms. The largest absolute Gasteiger partial charge is 0.491 e. The molecule has 28 heavy (non-hydrogen) atoms. The number of rotatable bonds is 14. The summed E-state index contributed by atoms with van der Waals surface area (Å²) < 4.78 is 6.04. The van der Waals surface area contributed by atoms with Gasteiger partial charge in [-0.15, -0.1) is 0 Å². The molecule has 0 amide bonds. The van der Waals surface area contributed by atoms with Gasteiger partial charge in [0.2, 0.25) is 0 Å². The Kier molecular flexibility index (Phi) is 10.6. The molecule has 2 aromatic rings. The number of hydrogen-bond donors (Lipinski definition) is 0. The Morgan fingerprint density at radius 3 is 2.04 bits per heavy atom. The van der Waals surface area contributed by atoms with Crippen LogP contribution in [0.4, 0.5) is 0 Å². The lowest BCUT2D eigenvalue weighted by atomic mass is 10.1. The summed E-state index contributed by atoms with van der Waals surface area (Å²) in [6.07, 6.45) is 18.0. The van der Waals surface area contributed by atoms with Crippen LogP contribution in [-0.4, -0.2) is 16.1 Å². The maximum atomic E-state index is 6.04. The van der Waals surface area contributed by atoms with Crippen LogP contribution in [0.15, 0.2) is 36.7 Å². The zero-order valence-corrected chi connectivity index (χ0v) is 18.1. The first-order valence-electron chi connectivity index (χ1n) is 11.3. The first-order valence-corrected chi connectivity index (χ1v) is 11.3. The number of hydrogen-bond acceptors (Lipinski definition) is 3. The fourth-order valence-electron chi connectivity index (χ4n) is 3.40. The molecule has 0 saturated heterocycles. The average molecular weight is 383 g/mol. The van der Waals surface area contributed by atoms with Crippen molar-refractivity contribution < 1.29 is 4.74 Å². The molecule has 1 unspecified atom stereocenters. The molecule has 0 bridgehead atoms. The Labute approximate surface area is 172 Å². The third-order valence-corrected chi connectivity index (χ3v) is 5.19. The maximum absolute atomic E-state index is 6.04. The van der Waals surface area contributed by atoms with Gasteiger partial charge in [0.1, 0.15) is 5.75 Å². The standard InChI is InChI=1S/C25H38N2O/c1-4-6-8-10-12-14-22-19-26-25(27-20-22)23-15-17-24(18-16-23)28-21(3)13-11-9-7-5-2/h15-21H,4-14H2,1-3H3. The molecule has 0 aliphatic carbocycles. The van der Waals surface area contributed by atoms with E-state index in [0.717, 1.165) is 30.0 Å². The molecule has 1 aromatic carbocycles. The number of ether oxygens (including phenoxy) is 1. The van der Waals surface area contributed by atoms with E-state index in [0.29, 0.717) is 0 Å². The SMILES string of the molecule is CCCCCCCc1cnc(-c2ccc(OC(C)CCCCCC)cc2)nc1. The lowest BCUT2D eigenvalue weighted by molar-refractivity contribution is 0.206. The van der Waals surface area contributed by atoms with Crippen molar-refractivity contribution in [3.8, 4) is 17.1 Å². The van der Waals surface area contributed by atoms with E-state index in [-0.39, 0.29) is 6.10 Å². The topological polar surface area (TPSA) is 35.0 Å². The van der Waals surface area contributed by atoms with Crippen molar-refractivity contribution in [2.45, 2.75) is 97.5 Å². The van der Waals surface area contributed by atoms with Gasteiger partial charge in [-0.25, -0.2) is 9.97 Å². The van der Waals surface area contributed by atoms with E-state index < -0.39 is 0 Å². The zero-order valence-electron chi connectivity index (χ0n) is 18.1. The van der Waals surface area contributed by atoms with Crippen molar-refractivity contribution in [2.75, 3.05) is 0 Å². The second-order valence-electron chi connectivity index (χ2n) is 7.88. The summed E-state index contributed by atoms with van der Waals surface area (Å²) in [7, 11) is 0. The Balaban J connectivity index is 1.79. The van der Waals surface area contributed by atoms with Crippen molar-refractivity contribution in [1.29, 1.82) is 0 Å². The van der Waals surface area contributed by atoms with Crippen molar-refractivity contribution in [2.24, 2.45) is 0 Å². The van der Waals surface area contributed by atoms with E-state index in [1.165, 1.54) is 63.4 Å². The predicted molar refractivity (Wildman–Crippen MR) is 119 cm³/mol. The number of aryl methyl sites for hydroxylation is 1. The lowest BCUT2D eigenvalue weighted by Gasteiger charge is -2.14. The van der Waals surface area contributed by atoms with Gasteiger partial charge in [0.15, 0.2) is 5.82 Å². The van der Waals surface area contributed by atoms with Crippen LogP contribution in [0.1, 0.15) is 90.5 Å². The number of aromatic nitrogens is 2. The zero-order chi connectivity index (χ0) is 20.0. The molecule has 3 nitrogen and oxygen atoms in total. The summed E-state index contributed by atoms with van der Waals surface area (Å²) in [6.45, 7) is 6.65. The summed E-state index contributed by atoms with van der Waals surface area (Å²) in [4.78, 5) is 9.12. The smallest absolute Gasteiger partial charge is 0.159 e. The van der Waals surface area contributed by atoms with Gasteiger partial charge in [0, 0.05) is 18.0 Å². The van der Waals surface area contributed by atoms with Crippen LogP contribution < -0.4 is 4.74 Å². The molecule has 0 N–H and O–H groups in total. The highest BCUT2D eigenvalue weighted by atomic mass is 16.5. The summed E-state index contributed by atoms with van der Waals surface area (Å²) in [5.41, 5.74) is 2.27. The van der Waals surface area contributed by atoms with Gasteiger partial charge in [0.05, 0.1) is 6.10 Å². The fraction of sp³-hybridized carbons (Fsp3) is 0.600. The van der Waals surface area contributed by atoms with Gasteiger partial charge in [-0.1, -0.05) is 58.8 Å². The van der Waals surface area contributed by atoms with Gasteiger partial charge in [0.25, 0.3) is 0 Å². The molecule has 2 rings (SSSR count). The van der Waals surface area contributed by atoms with Gasteiger partial charge < -0.3 is 4.74 Å². The van der Waals surface area contributed by atoms with Crippen molar-refractivity contribution >= 4 is 0 Å². The summed E-state index contributed by atoms with van der Waals surface area (Å²) in [5.74, 6) is 1.71. The highest BCUT2D eigenvalue weighted by Crippen LogP contribution is 2.21. The van der Waals surface area contributed by atoms with E-state index in [1.54, 1.807) is 0 Å². The monoisotopic (exact) mass is 382 g/mol. The average Bonchev–Trinajstić information content (AvgIpc) is 2.72. The normalized spacial score (nSPS) is 12.1. The van der Waals surface area contributed by atoms with Gasteiger partial charge in [-0.3, -0.25) is 0 Å². The Morgan fingerprint density at radius 1 is 0.786 bits per heavy atom. The Morgan fingerprint density at radius 2 is 1.39 bits per heavy atom. The Hall–Kier alpha value is -1.90. The van der Waals surface area contributed by atoms with Gasteiger partial charge in [-0.05, 0) is 62.4 Å². The van der Waals surface area contributed by atoms with Crippen LogP contribution in [0.5, 0.6) is 5.75 Å². The molecule has 1 atom stereocenters. The van der Waals surface area contributed by atoms with Crippen molar-refractivity contribution in [1.82, 2.24) is 9.97 Å². The van der Waals surface area contributed by atoms with E-state index in [1.807, 2.05) is 24.5 Å². The molecule has 0 radical (unpaired) electrons. The molecule has 154 valence electrons. The first kappa shape index (κ1) is 22.4. The molecule has 1 heterocycles. The molecule has 0 aliphatic heterocycles. The van der Waals surface area contributed by atoms with Gasteiger partial charge in [-0.2, -0.15) is 0 Å².